The van der Waals surface area contributed by atoms with Crippen LogP contribution in [-0.4, -0.2) is 96.7 Å². The van der Waals surface area contributed by atoms with E-state index in [0.717, 1.165) is 108 Å². The molecule has 0 rings (SSSR count). The Bertz CT molecular complexity index is 1580. The number of phosphoric ester groups is 2. The molecule has 0 aromatic heterocycles. The van der Waals surface area contributed by atoms with Crippen LogP contribution < -0.4 is 0 Å². The number of hydrogen-bond donors (Lipinski definition) is 3. The van der Waals surface area contributed by atoms with Crippen molar-refractivity contribution in [3.05, 3.63) is 0 Å². The Balaban J connectivity index is 5.19. The SMILES string of the molecule is CCCCCCCC(=O)OC[C@H](COP(=O)(O)OC[C@H](O)COP(=O)(O)OC[C@@H](COC(=O)CCCCCCCCCCCC(C)C)OC(=O)CCCCCCCCCCCC(C)C)OC(=O)CCCCCCCCCC(C)C. The first-order valence-electron chi connectivity index (χ1n) is 31.3. The van der Waals surface area contributed by atoms with Gasteiger partial charge in [-0.1, -0.05) is 235 Å². The summed E-state index contributed by atoms with van der Waals surface area (Å²) in [6.45, 7) is 11.6. The fourth-order valence-electron chi connectivity index (χ4n) is 8.77. The third kappa shape index (κ3) is 55.0. The van der Waals surface area contributed by atoms with Crippen molar-refractivity contribution >= 4 is 39.5 Å². The van der Waals surface area contributed by atoms with E-state index in [1.165, 1.54) is 89.9 Å². The molecule has 19 heteroatoms. The number of carbonyl (C=O) groups excluding carboxylic acids is 4. The molecule has 17 nitrogen and oxygen atoms in total. The van der Waals surface area contributed by atoms with E-state index in [4.69, 9.17) is 37.0 Å². The van der Waals surface area contributed by atoms with Crippen LogP contribution in [0.15, 0.2) is 0 Å². The maximum absolute atomic E-state index is 12.9. The molecule has 0 bridgehead atoms. The van der Waals surface area contributed by atoms with Crippen LogP contribution in [0.5, 0.6) is 0 Å². The molecule has 0 aromatic rings. The Kier molecular flexibility index (Phi) is 50.4. The fraction of sp³-hybridized carbons (Fsp3) is 0.933. The Morgan fingerprint density at radius 1 is 0.342 bits per heavy atom. The van der Waals surface area contributed by atoms with Crippen LogP contribution in [0.25, 0.3) is 0 Å². The van der Waals surface area contributed by atoms with Gasteiger partial charge < -0.3 is 33.8 Å². The summed E-state index contributed by atoms with van der Waals surface area (Å²) in [7, 11) is -9.87. The van der Waals surface area contributed by atoms with E-state index >= 15 is 0 Å². The highest BCUT2D eigenvalue weighted by molar-refractivity contribution is 7.47. The summed E-state index contributed by atoms with van der Waals surface area (Å²) >= 11 is 0. The van der Waals surface area contributed by atoms with Crippen molar-refractivity contribution in [1.82, 2.24) is 0 Å². The summed E-state index contributed by atoms with van der Waals surface area (Å²) < 4.78 is 67.6. The van der Waals surface area contributed by atoms with E-state index in [2.05, 4.69) is 48.5 Å². The number of aliphatic hydroxyl groups is 1. The summed E-state index contributed by atoms with van der Waals surface area (Å²) in [5, 5.41) is 10.5. The average molecular weight is 1170 g/mol. The Morgan fingerprint density at radius 3 is 0.861 bits per heavy atom. The van der Waals surface area contributed by atoms with Crippen LogP contribution in [0.1, 0.15) is 286 Å². The Labute approximate surface area is 479 Å². The second-order valence-electron chi connectivity index (χ2n) is 23.2. The number of hydrogen-bond acceptors (Lipinski definition) is 15. The molecular weight excluding hydrogens is 1050 g/mol. The molecule has 0 saturated heterocycles. The van der Waals surface area contributed by atoms with Gasteiger partial charge in [-0.05, 0) is 43.4 Å². The Morgan fingerprint density at radius 2 is 0.582 bits per heavy atom. The zero-order valence-corrected chi connectivity index (χ0v) is 52.6. The molecule has 0 saturated carbocycles. The number of carbonyl (C=O) groups is 4. The second-order valence-corrected chi connectivity index (χ2v) is 26.1. The van der Waals surface area contributed by atoms with Gasteiger partial charge in [0.1, 0.15) is 19.3 Å². The van der Waals surface area contributed by atoms with Crippen molar-refractivity contribution < 1.29 is 80.2 Å². The van der Waals surface area contributed by atoms with Crippen molar-refractivity contribution in [3.8, 4) is 0 Å². The largest absolute Gasteiger partial charge is 0.472 e. The van der Waals surface area contributed by atoms with E-state index in [9.17, 15) is 43.2 Å². The fourth-order valence-corrected chi connectivity index (χ4v) is 10.4. The van der Waals surface area contributed by atoms with Crippen LogP contribution in [0.3, 0.4) is 0 Å². The van der Waals surface area contributed by atoms with Gasteiger partial charge in [0.05, 0.1) is 26.4 Å². The van der Waals surface area contributed by atoms with Crippen molar-refractivity contribution in [3.63, 3.8) is 0 Å². The predicted octanol–water partition coefficient (Wildman–Crippen LogP) is 15.9. The first kappa shape index (κ1) is 77.1. The van der Waals surface area contributed by atoms with Gasteiger partial charge in [-0.3, -0.25) is 37.3 Å². The van der Waals surface area contributed by atoms with Gasteiger partial charge in [0.2, 0.25) is 0 Å². The molecule has 0 spiro atoms. The minimum Gasteiger partial charge on any atom is -0.462 e. The zero-order valence-electron chi connectivity index (χ0n) is 50.8. The third-order valence-electron chi connectivity index (χ3n) is 13.6. The summed E-state index contributed by atoms with van der Waals surface area (Å²) in [6.07, 6.45) is 31.2. The summed E-state index contributed by atoms with van der Waals surface area (Å²) in [5.41, 5.74) is 0. The molecule has 0 aliphatic rings. The molecule has 0 amide bonds. The van der Waals surface area contributed by atoms with Crippen molar-refractivity contribution in [2.75, 3.05) is 39.6 Å². The van der Waals surface area contributed by atoms with Crippen LogP contribution in [0.2, 0.25) is 0 Å². The molecule has 2 unspecified atom stereocenters. The van der Waals surface area contributed by atoms with Crippen LogP contribution in [-0.2, 0) is 65.4 Å². The first-order valence-corrected chi connectivity index (χ1v) is 34.3. The summed E-state index contributed by atoms with van der Waals surface area (Å²) in [6, 6.07) is 0. The van der Waals surface area contributed by atoms with Gasteiger partial charge in [0.25, 0.3) is 0 Å². The maximum atomic E-state index is 12.9. The van der Waals surface area contributed by atoms with Crippen molar-refractivity contribution in [2.45, 2.75) is 304 Å². The van der Waals surface area contributed by atoms with E-state index < -0.39 is 97.5 Å². The lowest BCUT2D eigenvalue weighted by Crippen LogP contribution is -2.30. The molecule has 5 atom stereocenters. The number of aliphatic hydroxyl groups excluding tert-OH is 1. The lowest BCUT2D eigenvalue weighted by atomic mass is 10.0. The smallest absolute Gasteiger partial charge is 0.462 e. The first-order chi connectivity index (χ1) is 37.7. The number of ether oxygens (including phenoxy) is 4. The minimum atomic E-state index is -4.94. The van der Waals surface area contributed by atoms with Gasteiger partial charge in [-0.15, -0.1) is 0 Å². The molecule has 468 valence electrons. The highest BCUT2D eigenvalue weighted by Crippen LogP contribution is 2.45. The topological polar surface area (TPSA) is 237 Å². The predicted molar refractivity (Wildman–Crippen MR) is 312 cm³/mol. The zero-order chi connectivity index (χ0) is 58.8. The molecular formula is C60H116O17P2. The highest BCUT2D eigenvalue weighted by Gasteiger charge is 2.30. The summed E-state index contributed by atoms with van der Waals surface area (Å²) in [4.78, 5) is 71.8. The summed E-state index contributed by atoms with van der Waals surface area (Å²) in [5.74, 6) is 0.0221. The van der Waals surface area contributed by atoms with E-state index in [-0.39, 0.29) is 25.7 Å². The molecule has 0 aliphatic carbocycles. The van der Waals surface area contributed by atoms with Crippen LogP contribution >= 0.6 is 15.6 Å². The van der Waals surface area contributed by atoms with E-state index in [0.29, 0.717) is 31.6 Å². The molecule has 0 aromatic carbocycles. The van der Waals surface area contributed by atoms with Gasteiger partial charge in [-0.2, -0.15) is 0 Å². The van der Waals surface area contributed by atoms with Crippen molar-refractivity contribution in [2.24, 2.45) is 17.8 Å². The van der Waals surface area contributed by atoms with Gasteiger partial charge in [-0.25, -0.2) is 9.13 Å². The van der Waals surface area contributed by atoms with Gasteiger partial charge >= 0.3 is 39.5 Å². The standard InChI is InChI=1S/C60H116O17P2/c1-8-9-10-24-34-41-57(62)70-47-55(76-60(65)44-37-30-23-17-20-27-33-40-53(6)7)49-74-78(66,67)72-45-54(61)46-73-79(68,69)75-50-56(77-59(64)43-36-29-22-16-12-14-19-26-32-39-52(4)5)48-71-58(63)42-35-28-21-15-11-13-18-25-31-38-51(2)3/h51-56,61H,8-50H2,1-7H3,(H,66,67)(H,68,69)/t54-,55+,56+/m0/s1. The molecule has 3 N–H and O–H groups in total. The monoisotopic (exact) mass is 1170 g/mol. The molecule has 0 fully saturated rings. The number of phosphoric acid groups is 2. The maximum Gasteiger partial charge on any atom is 0.472 e. The van der Waals surface area contributed by atoms with E-state index in [1.54, 1.807) is 0 Å². The molecule has 0 aliphatic heterocycles. The normalized spacial score (nSPS) is 14.5. The van der Waals surface area contributed by atoms with Crippen molar-refractivity contribution in [1.29, 1.82) is 0 Å². The quantitative estimate of drug-likeness (QED) is 0.0222. The van der Waals surface area contributed by atoms with Gasteiger partial charge in [0, 0.05) is 25.7 Å². The molecule has 79 heavy (non-hydrogen) atoms. The number of esters is 4. The van der Waals surface area contributed by atoms with Crippen LogP contribution in [0.4, 0.5) is 0 Å². The van der Waals surface area contributed by atoms with Gasteiger partial charge in [0.15, 0.2) is 12.2 Å². The number of unbranched alkanes of at least 4 members (excludes halogenated alkanes) is 26. The molecule has 0 heterocycles. The lowest BCUT2D eigenvalue weighted by Gasteiger charge is -2.21. The highest BCUT2D eigenvalue weighted by atomic mass is 31.2. The molecule has 0 radical (unpaired) electrons. The minimum absolute atomic E-state index is 0.102. The van der Waals surface area contributed by atoms with E-state index in [1.807, 2.05) is 0 Å². The Hall–Kier alpha value is -1.94. The number of rotatable bonds is 58. The second kappa shape index (κ2) is 51.7. The average Bonchev–Trinajstić information content (AvgIpc) is 3.39. The van der Waals surface area contributed by atoms with Crippen LogP contribution in [0, 0.1) is 17.8 Å². The lowest BCUT2D eigenvalue weighted by molar-refractivity contribution is -0.161. The third-order valence-corrected chi connectivity index (χ3v) is 15.5.